The number of nitrogen functional groups attached to an aromatic ring is 1. The van der Waals surface area contributed by atoms with Gasteiger partial charge in [-0.05, 0) is 12.3 Å². The minimum Gasteiger partial charge on any atom is -0.396 e. The van der Waals surface area contributed by atoms with Crippen LogP contribution in [0.2, 0.25) is 0 Å². The Morgan fingerprint density at radius 2 is 2.29 bits per heavy atom. The molecule has 2 aromatic rings. The van der Waals surface area contributed by atoms with Gasteiger partial charge in [0.25, 0.3) is 5.56 Å². The summed E-state index contributed by atoms with van der Waals surface area (Å²) in [7, 11) is 0. The molecular formula is C12H15N5O4. The molecule has 0 unspecified atom stereocenters. The lowest BCUT2D eigenvalue weighted by Crippen LogP contribution is -2.35. The third-order valence-corrected chi connectivity index (χ3v) is 4.92. The monoisotopic (exact) mass is 293 g/mol. The number of hydrogen-bond acceptors (Lipinski definition) is 7. The van der Waals surface area contributed by atoms with E-state index in [2.05, 4.69) is 15.0 Å². The maximum absolute atomic E-state index is 11.8. The van der Waals surface area contributed by atoms with Crippen LogP contribution in [0.3, 0.4) is 0 Å². The predicted molar refractivity (Wildman–Crippen MR) is 71.2 cm³/mol. The van der Waals surface area contributed by atoms with E-state index in [0.29, 0.717) is 6.42 Å². The minimum atomic E-state index is -1.05. The van der Waals surface area contributed by atoms with E-state index < -0.39 is 29.2 Å². The highest BCUT2D eigenvalue weighted by molar-refractivity contribution is 5.70. The van der Waals surface area contributed by atoms with Crippen molar-refractivity contribution in [2.75, 3.05) is 12.3 Å². The Morgan fingerprint density at radius 1 is 1.52 bits per heavy atom. The molecule has 2 aliphatic rings. The molecule has 21 heavy (non-hydrogen) atoms. The third-order valence-electron chi connectivity index (χ3n) is 4.92. The van der Waals surface area contributed by atoms with Crippen molar-refractivity contribution in [2.45, 2.75) is 24.7 Å². The summed E-state index contributed by atoms with van der Waals surface area (Å²) in [4.78, 5) is 22.2. The van der Waals surface area contributed by atoms with Crippen LogP contribution in [0, 0.1) is 11.3 Å². The van der Waals surface area contributed by atoms with E-state index in [1.165, 1.54) is 6.33 Å². The number of H-pyrrole nitrogens is 1. The number of aliphatic hydroxyl groups is 3. The van der Waals surface area contributed by atoms with Crippen LogP contribution in [0.4, 0.5) is 5.95 Å². The number of hydrogen-bond donors (Lipinski definition) is 5. The van der Waals surface area contributed by atoms with Gasteiger partial charge in [-0.15, -0.1) is 0 Å². The first-order chi connectivity index (χ1) is 9.99. The molecule has 2 saturated carbocycles. The SMILES string of the molecule is Nc1nc2c(ncn2[C@H]2[C@H](O)[C@H](O)[C@@]3(CO)C[C@H]23)c(=O)[nH]1. The molecule has 2 aromatic heterocycles. The maximum Gasteiger partial charge on any atom is 0.280 e. The summed E-state index contributed by atoms with van der Waals surface area (Å²) in [6.45, 7) is -0.185. The first-order valence-corrected chi connectivity index (χ1v) is 6.69. The molecule has 0 aromatic carbocycles. The molecule has 0 radical (unpaired) electrons. The zero-order valence-corrected chi connectivity index (χ0v) is 11.0. The summed E-state index contributed by atoms with van der Waals surface area (Å²) in [5.74, 6) is -0.112. The van der Waals surface area contributed by atoms with Crippen molar-refractivity contribution in [3.63, 3.8) is 0 Å². The van der Waals surface area contributed by atoms with E-state index in [1.807, 2.05) is 0 Å². The van der Waals surface area contributed by atoms with Gasteiger partial charge in [-0.1, -0.05) is 0 Å². The van der Waals surface area contributed by atoms with Gasteiger partial charge in [0.2, 0.25) is 5.95 Å². The molecule has 0 spiro atoms. The average molecular weight is 293 g/mol. The van der Waals surface area contributed by atoms with Crippen LogP contribution in [0.5, 0.6) is 0 Å². The fourth-order valence-corrected chi connectivity index (χ4v) is 3.71. The van der Waals surface area contributed by atoms with Crippen molar-refractivity contribution in [2.24, 2.45) is 11.3 Å². The summed E-state index contributed by atoms with van der Waals surface area (Å²) >= 11 is 0. The van der Waals surface area contributed by atoms with Gasteiger partial charge in [-0.25, -0.2) is 4.98 Å². The Hall–Kier alpha value is -1.97. The lowest BCUT2D eigenvalue weighted by atomic mass is 10.0. The Morgan fingerprint density at radius 3 is 2.95 bits per heavy atom. The normalized spacial score (nSPS) is 37.9. The number of aromatic nitrogens is 4. The van der Waals surface area contributed by atoms with Crippen molar-refractivity contribution in [3.05, 3.63) is 16.7 Å². The average Bonchev–Trinajstić information content (AvgIpc) is 2.97. The standard InChI is InChI=1S/C12H15N5O4/c13-11-15-9-5(10(21)16-11)14-3-17(9)6-4-1-12(4,2-18)8(20)7(6)19/h3-4,6-8,18-20H,1-2H2,(H3,13,15,16,21)/t4-,6-,7+,8+,12-/m1/s1. The molecule has 2 heterocycles. The smallest absolute Gasteiger partial charge is 0.280 e. The van der Waals surface area contributed by atoms with E-state index in [4.69, 9.17) is 5.73 Å². The van der Waals surface area contributed by atoms with E-state index in [9.17, 15) is 20.1 Å². The minimum absolute atomic E-state index is 0.0356. The number of nitrogens with two attached hydrogens (primary N) is 1. The highest BCUT2D eigenvalue weighted by Crippen LogP contribution is 2.67. The van der Waals surface area contributed by atoms with Gasteiger partial charge in [0.05, 0.1) is 25.1 Å². The lowest BCUT2D eigenvalue weighted by Gasteiger charge is -2.23. The van der Waals surface area contributed by atoms with Crippen LogP contribution in [-0.2, 0) is 0 Å². The molecular weight excluding hydrogens is 278 g/mol. The van der Waals surface area contributed by atoms with Crippen molar-refractivity contribution in [3.8, 4) is 0 Å². The molecule has 0 amide bonds. The van der Waals surface area contributed by atoms with Gasteiger partial charge in [0, 0.05) is 5.41 Å². The number of aromatic amines is 1. The zero-order chi connectivity index (χ0) is 14.9. The van der Waals surface area contributed by atoms with Crippen LogP contribution in [0.25, 0.3) is 11.2 Å². The first-order valence-electron chi connectivity index (χ1n) is 6.69. The summed E-state index contributed by atoms with van der Waals surface area (Å²) < 4.78 is 1.57. The quantitative estimate of drug-likeness (QED) is 0.428. The summed E-state index contributed by atoms with van der Waals surface area (Å²) in [5, 5.41) is 29.9. The highest BCUT2D eigenvalue weighted by atomic mass is 16.3. The van der Waals surface area contributed by atoms with Crippen molar-refractivity contribution >= 4 is 17.1 Å². The summed E-state index contributed by atoms with van der Waals surface area (Å²) in [6.07, 6.45) is -0.0198. The second-order valence-electron chi connectivity index (χ2n) is 5.90. The van der Waals surface area contributed by atoms with Crippen LogP contribution in [0.1, 0.15) is 12.5 Å². The Labute approximate surface area is 118 Å². The predicted octanol–water partition coefficient (Wildman–Crippen LogP) is -2.02. The van der Waals surface area contributed by atoms with Gasteiger partial charge in [0.15, 0.2) is 11.2 Å². The van der Waals surface area contributed by atoms with Crippen LogP contribution >= 0.6 is 0 Å². The van der Waals surface area contributed by atoms with E-state index in [1.54, 1.807) is 4.57 Å². The largest absolute Gasteiger partial charge is 0.396 e. The van der Waals surface area contributed by atoms with Gasteiger partial charge in [-0.2, -0.15) is 4.98 Å². The maximum atomic E-state index is 11.8. The number of fused-ring (bicyclic) bond motifs is 2. The van der Waals surface area contributed by atoms with E-state index in [-0.39, 0.29) is 29.6 Å². The molecule has 6 N–H and O–H groups in total. The molecule has 0 aliphatic heterocycles. The molecule has 5 atom stereocenters. The first kappa shape index (κ1) is 12.7. The van der Waals surface area contributed by atoms with Gasteiger partial charge in [0.1, 0.15) is 6.10 Å². The van der Waals surface area contributed by atoms with Crippen LogP contribution < -0.4 is 11.3 Å². The summed E-state index contributed by atoms with van der Waals surface area (Å²) in [5.41, 5.74) is 4.85. The fourth-order valence-electron chi connectivity index (χ4n) is 3.71. The molecule has 0 bridgehead atoms. The fraction of sp³-hybridized carbons (Fsp3) is 0.583. The number of anilines is 1. The second-order valence-corrected chi connectivity index (χ2v) is 5.90. The number of imidazole rings is 1. The Kier molecular flexibility index (Phi) is 2.31. The molecule has 2 fully saturated rings. The number of aliphatic hydroxyl groups excluding tert-OH is 3. The topological polar surface area (TPSA) is 150 Å². The zero-order valence-electron chi connectivity index (χ0n) is 11.0. The van der Waals surface area contributed by atoms with E-state index in [0.717, 1.165) is 0 Å². The number of nitrogens with one attached hydrogen (secondary N) is 1. The summed E-state index contributed by atoms with van der Waals surface area (Å²) in [6, 6.07) is -0.481. The van der Waals surface area contributed by atoms with Crippen LogP contribution in [0.15, 0.2) is 11.1 Å². The molecule has 2 aliphatic carbocycles. The van der Waals surface area contributed by atoms with Crippen molar-refractivity contribution in [1.29, 1.82) is 0 Å². The number of rotatable bonds is 2. The highest BCUT2D eigenvalue weighted by Gasteiger charge is 2.71. The Balaban J connectivity index is 1.87. The third kappa shape index (κ3) is 1.42. The molecule has 0 saturated heterocycles. The molecule has 112 valence electrons. The van der Waals surface area contributed by atoms with Crippen molar-refractivity contribution < 1.29 is 15.3 Å². The van der Waals surface area contributed by atoms with Gasteiger partial charge >= 0.3 is 0 Å². The van der Waals surface area contributed by atoms with Gasteiger partial charge < -0.3 is 25.6 Å². The molecule has 9 nitrogen and oxygen atoms in total. The molecule has 4 rings (SSSR count). The number of nitrogens with zero attached hydrogens (tertiary/aromatic N) is 3. The van der Waals surface area contributed by atoms with E-state index >= 15 is 0 Å². The second kappa shape index (κ2) is 3.81. The van der Waals surface area contributed by atoms with Gasteiger partial charge in [-0.3, -0.25) is 9.78 Å². The Bertz CT molecular complexity index is 786. The van der Waals surface area contributed by atoms with Crippen molar-refractivity contribution in [1.82, 2.24) is 19.5 Å². The molecule has 9 heteroatoms. The lowest BCUT2D eigenvalue weighted by molar-refractivity contribution is -0.0300. The van der Waals surface area contributed by atoms with Crippen LogP contribution in [-0.4, -0.2) is 53.7 Å².